The first kappa shape index (κ1) is 83.9. The maximum absolute atomic E-state index is 16.3. The molecule has 2 aliphatic heterocycles. The largest absolute Gasteiger partial charge is 0.390 e. The first-order chi connectivity index (χ1) is 43.3. The van der Waals surface area contributed by atoms with Gasteiger partial charge in [0.2, 0.25) is 64.8 Å². The average molecular weight is 1330 g/mol. The Morgan fingerprint density at radius 1 is 0.553 bits per heavy atom. The van der Waals surface area contributed by atoms with Gasteiger partial charge in [0, 0.05) is 73.9 Å². The van der Waals surface area contributed by atoms with Crippen LogP contribution in [0.1, 0.15) is 177 Å². The molecular weight excluding hydrogens is 1200 g/mol. The van der Waals surface area contributed by atoms with Crippen LogP contribution < -0.4 is 21.3 Å². The van der Waals surface area contributed by atoms with Gasteiger partial charge in [0.15, 0.2) is 0 Å². The summed E-state index contributed by atoms with van der Waals surface area (Å²) in [5.41, 5.74) is -2.54. The predicted molar refractivity (Wildman–Crippen MR) is 364 cm³/mol. The minimum absolute atomic E-state index is 0.00850. The minimum Gasteiger partial charge on any atom is -0.390 e. The number of allylic oxidation sites excluding steroid dienone is 2. The lowest BCUT2D eigenvalue weighted by Gasteiger charge is -2.54. The van der Waals surface area contributed by atoms with E-state index in [0.717, 1.165) is 9.80 Å². The molecule has 538 valence electrons. The van der Waals surface area contributed by atoms with Gasteiger partial charge in [-0.1, -0.05) is 109 Å². The Labute approximate surface area is 563 Å². The number of carbonyl (C=O) groups excluding carboxylic acids is 11. The molecule has 2 aliphatic rings. The van der Waals surface area contributed by atoms with Crippen LogP contribution in [0.25, 0.3) is 0 Å². The van der Waals surface area contributed by atoms with E-state index in [-0.39, 0.29) is 67.7 Å². The van der Waals surface area contributed by atoms with Gasteiger partial charge in [-0.05, 0) is 116 Å². The van der Waals surface area contributed by atoms with Crippen molar-refractivity contribution in [2.45, 2.75) is 255 Å². The van der Waals surface area contributed by atoms with Crippen LogP contribution in [0.2, 0.25) is 0 Å². The first-order valence-corrected chi connectivity index (χ1v) is 34.1. The molecular formula is C69H124N12O13. The van der Waals surface area contributed by atoms with Crippen molar-refractivity contribution in [2.75, 3.05) is 69.0 Å². The summed E-state index contributed by atoms with van der Waals surface area (Å²) in [5, 5.41) is 23.6. The Balaban J connectivity index is 3.16. The summed E-state index contributed by atoms with van der Waals surface area (Å²) < 4.78 is 7.07. The molecule has 0 radical (unpaired) electrons. The smallest absolute Gasteiger partial charge is 0.276 e. The number of likely N-dealkylation sites (tertiary alicyclic amines) is 1. The van der Waals surface area contributed by atoms with Gasteiger partial charge in [0.25, 0.3) is 5.91 Å². The molecule has 0 aromatic heterocycles. The highest BCUT2D eigenvalue weighted by Crippen LogP contribution is 2.37. The van der Waals surface area contributed by atoms with Crippen molar-refractivity contribution in [3.8, 4) is 0 Å². The first-order valence-electron chi connectivity index (χ1n) is 34.1. The van der Waals surface area contributed by atoms with Gasteiger partial charge >= 0.3 is 0 Å². The second-order valence-corrected chi connectivity index (χ2v) is 30.0. The summed E-state index contributed by atoms with van der Waals surface area (Å²) in [5.74, 6) is -10.6. The van der Waals surface area contributed by atoms with Gasteiger partial charge in [-0.15, -0.1) is 0 Å². The highest BCUT2D eigenvalue weighted by molar-refractivity contribution is 6.00. The zero-order valence-corrected chi connectivity index (χ0v) is 62.3. The van der Waals surface area contributed by atoms with Crippen molar-refractivity contribution in [2.24, 2.45) is 41.4 Å². The number of ether oxygens (including phenoxy) is 1. The monoisotopic (exact) mass is 1330 g/mol. The number of amides is 11. The van der Waals surface area contributed by atoms with Gasteiger partial charge in [0.1, 0.15) is 54.4 Å². The lowest BCUT2D eigenvalue weighted by Crippen LogP contribution is -2.72. The zero-order valence-electron chi connectivity index (χ0n) is 62.3. The molecule has 25 nitrogen and oxygen atoms in total. The maximum atomic E-state index is 16.3. The van der Waals surface area contributed by atoms with E-state index in [1.54, 1.807) is 54.5 Å². The second kappa shape index (κ2) is 36.2. The molecule has 0 unspecified atom stereocenters. The van der Waals surface area contributed by atoms with Crippen LogP contribution in [0, 0.1) is 41.4 Å². The number of rotatable bonds is 17. The molecule has 2 heterocycles. The summed E-state index contributed by atoms with van der Waals surface area (Å²) >= 11 is 0. The molecule has 2 rings (SSSR count). The van der Waals surface area contributed by atoms with E-state index in [9.17, 15) is 38.7 Å². The third-order valence-corrected chi connectivity index (χ3v) is 18.5. The standard InChI is InChI=1S/C69H124N12O13/c1-28-30-31-45(15)57(83)56-61(87)72-49(29-2)63(89)74(21)38-54(82)75(22)50(32-39(3)4)60(86)73-55(43(11)12)66(92)76(23)51(33-40(5)6)59(85)70-46(16)58(84)71-47(17)62(88)77(24)52(34-41(7)8)64(90)78(25)53(35-42(9)10)65(91)80(27)69(44(13)14,67(93)79(56)26)94-48-36-81(37-48)68(18,19)20/h28,30,39-53,55-57,83H,29,31-38H2,1-27H3,(H,70,85)(H,71,84)(H,72,87)(H,73,86)/b30-28+/t45-,46+,47-,49+,50+,51+,52+,53+,55+,56+,57-,69+/m1/s1. The Morgan fingerprint density at radius 2 is 1.00 bits per heavy atom. The lowest BCUT2D eigenvalue weighted by atomic mass is 9.89. The number of likely N-dealkylation sites (N-methyl/N-ethyl adjacent to an activating group) is 7. The number of aliphatic hydroxyl groups is 1. The molecule has 11 amide bonds. The van der Waals surface area contributed by atoms with Gasteiger partial charge in [-0.2, -0.15) is 0 Å². The van der Waals surface area contributed by atoms with Crippen LogP contribution >= 0.6 is 0 Å². The van der Waals surface area contributed by atoms with E-state index in [1.165, 1.54) is 87.7 Å². The summed E-state index contributed by atoms with van der Waals surface area (Å²) in [6.07, 6.45) is 2.13. The molecule has 0 aromatic rings. The lowest BCUT2D eigenvalue weighted by molar-refractivity contribution is -0.240. The van der Waals surface area contributed by atoms with Crippen LogP contribution in [0.5, 0.6) is 0 Å². The minimum atomic E-state index is -2.23. The van der Waals surface area contributed by atoms with Crippen molar-refractivity contribution in [3.05, 3.63) is 12.2 Å². The van der Waals surface area contributed by atoms with Crippen molar-refractivity contribution in [3.63, 3.8) is 0 Å². The molecule has 0 saturated carbocycles. The Bertz CT molecular complexity index is 2640. The topological polar surface area (TPSA) is 291 Å². The van der Waals surface area contributed by atoms with E-state index in [2.05, 4.69) is 26.2 Å². The Kier molecular flexibility index (Phi) is 32.3. The van der Waals surface area contributed by atoms with E-state index in [0.29, 0.717) is 13.1 Å². The highest BCUT2D eigenvalue weighted by atomic mass is 16.5. The van der Waals surface area contributed by atoms with Crippen LogP contribution in [-0.4, -0.2) is 256 Å². The van der Waals surface area contributed by atoms with Gasteiger partial charge < -0.3 is 65.4 Å². The number of hydrogen-bond acceptors (Lipinski definition) is 14. The van der Waals surface area contributed by atoms with E-state index < -0.39 is 162 Å². The molecule has 0 aliphatic carbocycles. The average Bonchev–Trinajstić information content (AvgIpc) is 0.745. The van der Waals surface area contributed by atoms with Crippen LogP contribution in [0.4, 0.5) is 0 Å². The van der Waals surface area contributed by atoms with Crippen LogP contribution in [0.15, 0.2) is 12.2 Å². The maximum Gasteiger partial charge on any atom is 0.276 e. The van der Waals surface area contributed by atoms with E-state index >= 15 is 19.2 Å². The molecule has 2 saturated heterocycles. The Morgan fingerprint density at radius 3 is 1.46 bits per heavy atom. The number of nitrogens with one attached hydrogen (secondary N) is 4. The summed E-state index contributed by atoms with van der Waals surface area (Å²) in [7, 11) is 9.90. The molecule has 25 heteroatoms. The summed E-state index contributed by atoms with van der Waals surface area (Å²) in [4.78, 5) is 175. The van der Waals surface area contributed by atoms with E-state index in [1.807, 2.05) is 82.2 Å². The molecule has 0 aromatic carbocycles. The molecule has 0 bridgehead atoms. The number of carbonyl (C=O) groups is 11. The second-order valence-electron chi connectivity index (χ2n) is 30.0. The van der Waals surface area contributed by atoms with Crippen molar-refractivity contribution >= 4 is 65.0 Å². The third-order valence-electron chi connectivity index (χ3n) is 18.5. The fraction of sp³-hybridized carbons (Fsp3) is 0.812. The predicted octanol–water partition coefficient (Wildman–Crippen LogP) is 4.10. The number of hydrogen-bond donors (Lipinski definition) is 5. The van der Waals surface area contributed by atoms with Crippen molar-refractivity contribution in [1.82, 2.24) is 60.5 Å². The van der Waals surface area contributed by atoms with Gasteiger partial charge in [0.05, 0.1) is 18.8 Å². The molecule has 12 atom stereocenters. The molecule has 94 heavy (non-hydrogen) atoms. The number of aliphatic hydroxyl groups excluding tert-OH is 1. The third kappa shape index (κ3) is 21.6. The van der Waals surface area contributed by atoms with E-state index in [4.69, 9.17) is 4.74 Å². The highest BCUT2D eigenvalue weighted by Gasteiger charge is 2.57. The zero-order chi connectivity index (χ0) is 72.7. The number of nitrogens with zero attached hydrogens (tertiary/aromatic N) is 8. The molecule has 5 N–H and O–H groups in total. The Hall–Kier alpha value is -6.21. The van der Waals surface area contributed by atoms with Crippen LogP contribution in [-0.2, 0) is 57.5 Å². The summed E-state index contributed by atoms with van der Waals surface area (Å²) in [6, 6.07) is -11.5. The molecule has 0 spiro atoms. The van der Waals surface area contributed by atoms with Crippen LogP contribution in [0.3, 0.4) is 0 Å². The van der Waals surface area contributed by atoms with Crippen molar-refractivity contribution < 1.29 is 62.6 Å². The normalized spacial score (nSPS) is 27.6. The van der Waals surface area contributed by atoms with Crippen molar-refractivity contribution in [1.29, 1.82) is 0 Å². The summed E-state index contributed by atoms with van der Waals surface area (Å²) in [6.45, 7) is 36.1. The van der Waals surface area contributed by atoms with Gasteiger partial charge in [-0.3, -0.25) is 57.6 Å². The fourth-order valence-corrected chi connectivity index (χ4v) is 12.2. The quantitative estimate of drug-likeness (QED) is 0.128. The fourth-order valence-electron chi connectivity index (χ4n) is 12.2. The SMILES string of the molecule is C/C=C/C[C@@H](C)[C@@H](O)[C@H]1C(=O)N[C@@H](CC)C(=O)N(C)CC(=O)N(C)[C@@H](CC(C)C)C(=O)N[C@@H](C(C)C)C(=O)N(C)[C@@H](CC(C)C)C(=O)N[C@@H](C)C(=O)N[C@H](C)C(=O)N(C)[C@@H](CC(C)C)C(=O)N(C)[C@@H](CC(C)C)C(=O)N(C)[C@](OC2CN(C(C)(C)C)C2)(C(C)C)C(=O)N1C. The molecule has 2 fully saturated rings. The van der Waals surface area contributed by atoms with Gasteiger partial charge in [-0.25, -0.2) is 0 Å².